The van der Waals surface area contributed by atoms with E-state index in [1.54, 1.807) is 10.6 Å². The molecular weight excluding hydrogens is 442 g/mol. The molecule has 1 heterocycles. The monoisotopic (exact) mass is 463 g/mol. The Balaban J connectivity index is 1.39. The van der Waals surface area contributed by atoms with Crippen LogP contribution in [0.25, 0.3) is 16.6 Å². The van der Waals surface area contributed by atoms with E-state index in [2.05, 4.69) is 5.32 Å². The number of hydrogen-bond donors (Lipinski definition) is 1. The van der Waals surface area contributed by atoms with Crippen molar-refractivity contribution in [3.63, 3.8) is 0 Å². The third-order valence-corrected chi connectivity index (χ3v) is 6.38. The van der Waals surface area contributed by atoms with E-state index in [1.165, 1.54) is 11.8 Å². The van der Waals surface area contributed by atoms with E-state index in [0.29, 0.717) is 27.4 Å². The number of carbonyl (C=O) groups excluding carboxylic acids is 1. The fourth-order valence-electron chi connectivity index (χ4n) is 3.64. The van der Waals surface area contributed by atoms with Gasteiger partial charge in [-0.25, -0.2) is 4.98 Å². The maximum Gasteiger partial charge on any atom is 0.266 e. The van der Waals surface area contributed by atoms with E-state index in [9.17, 15) is 9.59 Å². The topological polar surface area (TPSA) is 64.0 Å². The molecule has 1 amide bonds. The summed E-state index contributed by atoms with van der Waals surface area (Å²) < 4.78 is 1.66. The third-order valence-electron chi connectivity index (χ3n) is 5.38. The third kappa shape index (κ3) is 4.63. The summed E-state index contributed by atoms with van der Waals surface area (Å²) >= 11 is 1.49. The summed E-state index contributed by atoms with van der Waals surface area (Å²) in [4.78, 5) is 30.6. The Labute approximate surface area is 201 Å². The minimum Gasteiger partial charge on any atom is -0.322 e. The van der Waals surface area contributed by atoms with Gasteiger partial charge in [0.25, 0.3) is 11.5 Å². The molecule has 0 saturated heterocycles. The lowest BCUT2D eigenvalue weighted by molar-refractivity contribution is 0.102. The zero-order valence-electron chi connectivity index (χ0n) is 18.2. The molecule has 166 valence electrons. The summed E-state index contributed by atoms with van der Waals surface area (Å²) in [6.45, 7) is 0. The molecule has 5 aromatic rings. The zero-order valence-corrected chi connectivity index (χ0v) is 19.0. The molecule has 0 atom stereocenters. The lowest BCUT2D eigenvalue weighted by atomic mass is 10.1. The number of benzene rings is 4. The van der Waals surface area contributed by atoms with Crippen LogP contribution in [-0.4, -0.2) is 15.5 Å². The van der Waals surface area contributed by atoms with Gasteiger partial charge in [0.05, 0.1) is 16.6 Å². The highest BCUT2D eigenvalue weighted by molar-refractivity contribution is 7.98. The maximum atomic E-state index is 13.3. The van der Waals surface area contributed by atoms with Gasteiger partial charge in [-0.2, -0.15) is 0 Å². The Bertz CT molecular complexity index is 1500. The molecule has 6 heteroatoms. The molecule has 0 aliphatic rings. The summed E-state index contributed by atoms with van der Waals surface area (Å²) in [5.74, 6) is 0.456. The Hall–Kier alpha value is -4.16. The van der Waals surface area contributed by atoms with Gasteiger partial charge in [0.2, 0.25) is 0 Å². The maximum absolute atomic E-state index is 13.3. The van der Waals surface area contributed by atoms with Gasteiger partial charge in [-0.05, 0) is 54.1 Å². The predicted molar refractivity (Wildman–Crippen MR) is 138 cm³/mol. The van der Waals surface area contributed by atoms with Crippen molar-refractivity contribution in [2.45, 2.75) is 10.9 Å². The first-order valence-electron chi connectivity index (χ1n) is 10.8. The number of thioether (sulfide) groups is 1. The van der Waals surface area contributed by atoms with Gasteiger partial charge in [0.15, 0.2) is 5.16 Å². The Morgan fingerprint density at radius 2 is 1.44 bits per heavy atom. The summed E-state index contributed by atoms with van der Waals surface area (Å²) in [5, 5.41) is 4.11. The van der Waals surface area contributed by atoms with Gasteiger partial charge >= 0.3 is 0 Å². The Kier molecular flexibility index (Phi) is 6.23. The molecule has 5 rings (SSSR count). The van der Waals surface area contributed by atoms with Crippen molar-refractivity contribution >= 4 is 34.3 Å². The van der Waals surface area contributed by atoms with Crippen LogP contribution in [0.15, 0.2) is 119 Å². The summed E-state index contributed by atoms with van der Waals surface area (Å²) in [6.07, 6.45) is 0. The molecule has 0 radical (unpaired) electrons. The second-order valence-electron chi connectivity index (χ2n) is 7.69. The number of carbonyl (C=O) groups is 1. The van der Waals surface area contributed by atoms with Crippen LogP contribution in [0.5, 0.6) is 0 Å². The number of nitrogens with zero attached hydrogens (tertiary/aromatic N) is 2. The highest BCUT2D eigenvalue weighted by Crippen LogP contribution is 2.25. The van der Waals surface area contributed by atoms with Crippen LogP contribution in [0.1, 0.15) is 15.9 Å². The number of hydrogen-bond acceptors (Lipinski definition) is 4. The number of fused-ring (bicyclic) bond motifs is 1. The fraction of sp³-hybridized carbons (Fsp3) is 0.0357. The lowest BCUT2D eigenvalue weighted by Gasteiger charge is -2.13. The number of aromatic nitrogens is 2. The van der Waals surface area contributed by atoms with Crippen molar-refractivity contribution in [2.75, 3.05) is 5.32 Å². The molecule has 0 aliphatic heterocycles. The number of amides is 1. The van der Waals surface area contributed by atoms with Crippen molar-refractivity contribution in [3.05, 3.63) is 131 Å². The highest BCUT2D eigenvalue weighted by Gasteiger charge is 2.13. The molecule has 1 aromatic heterocycles. The van der Waals surface area contributed by atoms with Crippen LogP contribution in [-0.2, 0) is 5.75 Å². The molecule has 0 spiro atoms. The van der Waals surface area contributed by atoms with Crippen molar-refractivity contribution < 1.29 is 4.79 Å². The van der Waals surface area contributed by atoms with E-state index in [0.717, 1.165) is 16.9 Å². The first-order chi connectivity index (χ1) is 16.7. The molecule has 1 N–H and O–H groups in total. The minimum absolute atomic E-state index is 0.0905. The SMILES string of the molecule is O=C(Nc1ccccc1)c1ccc(CSc2nc3ccccc3c(=O)n2-c2ccccc2)cc1. The van der Waals surface area contributed by atoms with Gasteiger partial charge in [-0.15, -0.1) is 0 Å². The highest BCUT2D eigenvalue weighted by atomic mass is 32.2. The first kappa shape index (κ1) is 21.7. The molecule has 0 saturated carbocycles. The van der Waals surface area contributed by atoms with Crippen LogP contribution >= 0.6 is 11.8 Å². The smallest absolute Gasteiger partial charge is 0.266 e. The second-order valence-corrected chi connectivity index (χ2v) is 8.64. The quantitative estimate of drug-likeness (QED) is 0.250. The number of nitrogens with one attached hydrogen (secondary N) is 1. The Morgan fingerprint density at radius 1 is 0.794 bits per heavy atom. The molecule has 34 heavy (non-hydrogen) atoms. The molecule has 0 unspecified atom stereocenters. The van der Waals surface area contributed by atoms with Crippen LogP contribution in [0.2, 0.25) is 0 Å². The predicted octanol–water partition coefficient (Wildman–Crippen LogP) is 5.93. The van der Waals surface area contributed by atoms with E-state index in [4.69, 9.17) is 4.98 Å². The molecule has 5 nitrogen and oxygen atoms in total. The van der Waals surface area contributed by atoms with Gasteiger partial charge in [0, 0.05) is 17.0 Å². The first-order valence-corrected chi connectivity index (χ1v) is 11.8. The number of rotatable bonds is 6. The average molecular weight is 464 g/mol. The van der Waals surface area contributed by atoms with E-state index < -0.39 is 0 Å². The fourth-order valence-corrected chi connectivity index (χ4v) is 4.61. The molecule has 4 aromatic carbocycles. The Morgan fingerprint density at radius 3 is 2.18 bits per heavy atom. The van der Waals surface area contributed by atoms with Gasteiger partial charge < -0.3 is 5.32 Å². The van der Waals surface area contributed by atoms with Gasteiger partial charge in [0.1, 0.15) is 0 Å². The lowest BCUT2D eigenvalue weighted by Crippen LogP contribution is -2.21. The molecule has 0 fully saturated rings. The summed E-state index contributed by atoms with van der Waals surface area (Å²) in [7, 11) is 0. The average Bonchev–Trinajstić information content (AvgIpc) is 2.89. The van der Waals surface area contributed by atoms with Gasteiger partial charge in [-0.1, -0.05) is 72.4 Å². The van der Waals surface area contributed by atoms with Crippen LogP contribution in [0.4, 0.5) is 5.69 Å². The van der Waals surface area contributed by atoms with Crippen molar-refractivity contribution in [3.8, 4) is 5.69 Å². The summed E-state index contributed by atoms with van der Waals surface area (Å²) in [5.41, 5.74) is 3.74. The standard InChI is InChI=1S/C28H21N3O2S/c32-26(29-22-9-3-1-4-10-22)21-17-15-20(16-18-21)19-34-28-30-25-14-8-7-13-24(25)27(33)31(28)23-11-5-2-6-12-23/h1-18H,19H2,(H,29,32). The largest absolute Gasteiger partial charge is 0.322 e. The minimum atomic E-state index is -0.153. The van der Waals surface area contributed by atoms with Crippen LogP contribution < -0.4 is 10.9 Å². The molecule has 0 aliphatic carbocycles. The van der Waals surface area contributed by atoms with Crippen LogP contribution in [0, 0.1) is 0 Å². The van der Waals surface area contributed by atoms with Crippen molar-refractivity contribution in [1.29, 1.82) is 0 Å². The number of para-hydroxylation sites is 3. The van der Waals surface area contributed by atoms with E-state index in [1.807, 2.05) is 103 Å². The number of anilines is 1. The normalized spacial score (nSPS) is 10.8. The van der Waals surface area contributed by atoms with Crippen LogP contribution in [0.3, 0.4) is 0 Å². The van der Waals surface area contributed by atoms with Gasteiger partial charge in [-0.3, -0.25) is 14.2 Å². The van der Waals surface area contributed by atoms with E-state index in [-0.39, 0.29) is 11.5 Å². The molecule has 0 bridgehead atoms. The van der Waals surface area contributed by atoms with Crippen molar-refractivity contribution in [1.82, 2.24) is 9.55 Å². The second kappa shape index (κ2) is 9.77. The molecular formula is C28H21N3O2S. The summed E-state index contributed by atoms with van der Waals surface area (Å²) in [6, 6.07) is 33.8. The van der Waals surface area contributed by atoms with E-state index >= 15 is 0 Å². The van der Waals surface area contributed by atoms with Crippen molar-refractivity contribution in [2.24, 2.45) is 0 Å². The zero-order chi connectivity index (χ0) is 23.3.